The average Bonchev–Trinajstić information content (AvgIpc) is 3.08. The molecule has 1 saturated heterocycles. The number of carbonyl (C=O) groups is 1. The second-order valence-corrected chi connectivity index (χ2v) is 6.18. The fourth-order valence-electron chi connectivity index (χ4n) is 3.20. The van der Waals surface area contributed by atoms with Gasteiger partial charge >= 0.3 is 6.03 Å². The summed E-state index contributed by atoms with van der Waals surface area (Å²) in [5.74, 6) is -2.08. The molecule has 132 valence electrons. The molecule has 0 aliphatic carbocycles. The van der Waals surface area contributed by atoms with Crippen molar-refractivity contribution in [2.45, 2.75) is 31.4 Å². The maximum Gasteiger partial charge on any atom is 0.322 e. The molecule has 0 saturated carbocycles. The van der Waals surface area contributed by atoms with E-state index >= 15 is 0 Å². The largest absolute Gasteiger partial charge is 0.388 e. The Kier molecular flexibility index (Phi) is 5.28. The van der Waals surface area contributed by atoms with Gasteiger partial charge in [0.15, 0.2) is 11.6 Å². The van der Waals surface area contributed by atoms with Crippen LogP contribution in [0.3, 0.4) is 0 Å². The number of likely N-dealkylation sites (tertiary alicyclic amines) is 1. The topological polar surface area (TPSA) is 52.6 Å². The Bertz CT molecular complexity index is 739. The number of nitrogens with one attached hydrogen (secondary N) is 1. The molecule has 2 unspecified atom stereocenters. The number of nitrogens with zero attached hydrogens (tertiary/aromatic N) is 1. The minimum absolute atomic E-state index is 0.146. The molecule has 25 heavy (non-hydrogen) atoms. The molecule has 0 bridgehead atoms. The van der Waals surface area contributed by atoms with Crippen LogP contribution in [0.15, 0.2) is 48.5 Å². The number of amides is 2. The highest BCUT2D eigenvalue weighted by Crippen LogP contribution is 2.28. The summed E-state index contributed by atoms with van der Waals surface area (Å²) in [4.78, 5) is 14.0. The number of carbonyl (C=O) groups excluding carboxylic acids is 1. The molecule has 2 aromatic rings. The van der Waals surface area contributed by atoms with E-state index in [2.05, 4.69) is 5.32 Å². The van der Waals surface area contributed by atoms with Crippen LogP contribution in [-0.4, -0.2) is 28.6 Å². The van der Waals surface area contributed by atoms with Crippen LogP contribution in [0.1, 0.15) is 30.9 Å². The molecular weight excluding hydrogens is 326 g/mol. The molecular formula is C19H20F2N2O2. The first-order chi connectivity index (χ1) is 12.1. The maximum atomic E-state index is 13.7. The SMILES string of the molecule is O=C(Nc1cccc(F)c1F)N1CCCC1CC(O)c1ccccc1. The monoisotopic (exact) mass is 346 g/mol. The number of rotatable bonds is 4. The van der Waals surface area contributed by atoms with E-state index in [1.807, 2.05) is 30.3 Å². The molecule has 0 aromatic heterocycles. The zero-order valence-electron chi connectivity index (χ0n) is 13.7. The van der Waals surface area contributed by atoms with Crippen molar-refractivity contribution in [1.82, 2.24) is 4.90 Å². The van der Waals surface area contributed by atoms with E-state index < -0.39 is 23.8 Å². The van der Waals surface area contributed by atoms with Crippen LogP contribution in [-0.2, 0) is 0 Å². The van der Waals surface area contributed by atoms with Crippen LogP contribution >= 0.6 is 0 Å². The van der Waals surface area contributed by atoms with Gasteiger partial charge in [0.25, 0.3) is 0 Å². The highest BCUT2D eigenvalue weighted by molar-refractivity contribution is 5.89. The molecule has 3 rings (SSSR count). The number of benzene rings is 2. The lowest BCUT2D eigenvalue weighted by atomic mass is 10.0. The summed E-state index contributed by atoms with van der Waals surface area (Å²) in [6.07, 6.45) is 1.31. The van der Waals surface area contributed by atoms with Crippen molar-refractivity contribution in [3.05, 3.63) is 65.7 Å². The molecule has 0 radical (unpaired) electrons. The predicted octanol–water partition coefficient (Wildman–Crippen LogP) is 4.08. The molecule has 1 aliphatic heterocycles. The quantitative estimate of drug-likeness (QED) is 0.876. The fraction of sp³-hybridized carbons (Fsp3) is 0.316. The van der Waals surface area contributed by atoms with Crippen molar-refractivity contribution in [3.8, 4) is 0 Å². The lowest BCUT2D eigenvalue weighted by molar-refractivity contribution is 0.129. The number of aliphatic hydroxyl groups excluding tert-OH is 1. The summed E-state index contributed by atoms with van der Waals surface area (Å²) in [6, 6.07) is 12.3. The Morgan fingerprint density at radius 1 is 1.20 bits per heavy atom. The van der Waals surface area contributed by atoms with Crippen LogP contribution < -0.4 is 5.32 Å². The van der Waals surface area contributed by atoms with Crippen molar-refractivity contribution >= 4 is 11.7 Å². The standard InChI is InChI=1S/C19H20F2N2O2/c20-15-9-4-10-16(18(15)21)22-19(25)23-11-5-8-14(23)12-17(24)13-6-2-1-3-7-13/h1-4,6-7,9-10,14,17,24H,5,8,11-12H2,(H,22,25). The Labute approximate surface area is 145 Å². The van der Waals surface area contributed by atoms with E-state index in [1.165, 1.54) is 12.1 Å². The van der Waals surface area contributed by atoms with Crippen molar-refractivity contribution in [2.24, 2.45) is 0 Å². The summed E-state index contributed by atoms with van der Waals surface area (Å²) in [7, 11) is 0. The predicted molar refractivity (Wildman–Crippen MR) is 91.1 cm³/mol. The van der Waals surface area contributed by atoms with Crippen LogP contribution in [0.25, 0.3) is 0 Å². The summed E-state index contributed by atoms with van der Waals surface area (Å²) < 4.78 is 27.0. The minimum atomic E-state index is -1.07. The molecule has 2 N–H and O–H groups in total. The van der Waals surface area contributed by atoms with Gasteiger partial charge < -0.3 is 15.3 Å². The Morgan fingerprint density at radius 3 is 2.72 bits per heavy atom. The van der Waals surface area contributed by atoms with Crippen LogP contribution in [0.5, 0.6) is 0 Å². The van der Waals surface area contributed by atoms with E-state index in [0.29, 0.717) is 13.0 Å². The van der Waals surface area contributed by atoms with Gasteiger partial charge in [-0.1, -0.05) is 36.4 Å². The third-order valence-corrected chi connectivity index (χ3v) is 4.51. The second kappa shape index (κ2) is 7.61. The average molecular weight is 346 g/mol. The fourth-order valence-corrected chi connectivity index (χ4v) is 3.20. The number of hydrogen-bond donors (Lipinski definition) is 2. The summed E-state index contributed by atoms with van der Waals surface area (Å²) in [5, 5.41) is 12.8. The molecule has 1 aliphatic rings. The van der Waals surface area contributed by atoms with Crippen molar-refractivity contribution < 1.29 is 18.7 Å². The first kappa shape index (κ1) is 17.4. The van der Waals surface area contributed by atoms with Crippen molar-refractivity contribution in [2.75, 3.05) is 11.9 Å². The molecule has 2 aromatic carbocycles. The lowest BCUT2D eigenvalue weighted by Crippen LogP contribution is -2.39. The highest BCUT2D eigenvalue weighted by Gasteiger charge is 2.31. The van der Waals surface area contributed by atoms with Gasteiger partial charge in [-0.15, -0.1) is 0 Å². The van der Waals surface area contributed by atoms with Gasteiger partial charge in [0.2, 0.25) is 0 Å². The molecule has 0 spiro atoms. The van der Waals surface area contributed by atoms with Gasteiger partial charge in [0.1, 0.15) is 0 Å². The van der Waals surface area contributed by atoms with Gasteiger partial charge in [-0.05, 0) is 37.0 Å². The zero-order valence-corrected chi connectivity index (χ0v) is 13.7. The van der Waals surface area contributed by atoms with Crippen LogP contribution in [0.4, 0.5) is 19.3 Å². The van der Waals surface area contributed by atoms with Gasteiger partial charge in [-0.25, -0.2) is 13.6 Å². The Hall–Kier alpha value is -2.47. The number of anilines is 1. The summed E-state index contributed by atoms with van der Waals surface area (Å²) in [5.41, 5.74) is 0.616. The van der Waals surface area contributed by atoms with Gasteiger partial charge in [0.05, 0.1) is 11.8 Å². The molecule has 2 atom stereocenters. The van der Waals surface area contributed by atoms with Gasteiger partial charge in [-0.2, -0.15) is 0 Å². The third-order valence-electron chi connectivity index (χ3n) is 4.51. The number of hydrogen-bond acceptors (Lipinski definition) is 2. The zero-order chi connectivity index (χ0) is 17.8. The molecule has 6 heteroatoms. The number of urea groups is 1. The first-order valence-electron chi connectivity index (χ1n) is 8.31. The Morgan fingerprint density at radius 2 is 1.96 bits per heavy atom. The van der Waals surface area contributed by atoms with E-state index in [-0.39, 0.29) is 11.7 Å². The van der Waals surface area contributed by atoms with Gasteiger partial charge in [0, 0.05) is 12.6 Å². The normalized spacial score (nSPS) is 18.2. The minimum Gasteiger partial charge on any atom is -0.388 e. The van der Waals surface area contributed by atoms with E-state index in [1.54, 1.807) is 4.90 Å². The molecule has 4 nitrogen and oxygen atoms in total. The highest BCUT2D eigenvalue weighted by atomic mass is 19.2. The van der Waals surface area contributed by atoms with Crippen LogP contribution in [0.2, 0.25) is 0 Å². The first-order valence-corrected chi connectivity index (χ1v) is 8.31. The summed E-state index contributed by atoms with van der Waals surface area (Å²) in [6.45, 7) is 0.523. The van der Waals surface area contributed by atoms with E-state index in [9.17, 15) is 18.7 Å². The van der Waals surface area contributed by atoms with E-state index in [0.717, 1.165) is 24.5 Å². The summed E-state index contributed by atoms with van der Waals surface area (Å²) >= 11 is 0. The van der Waals surface area contributed by atoms with Crippen LogP contribution in [0, 0.1) is 11.6 Å². The second-order valence-electron chi connectivity index (χ2n) is 6.18. The number of halogens is 2. The Balaban J connectivity index is 1.66. The van der Waals surface area contributed by atoms with Gasteiger partial charge in [-0.3, -0.25) is 0 Å². The van der Waals surface area contributed by atoms with Crippen molar-refractivity contribution in [3.63, 3.8) is 0 Å². The smallest absolute Gasteiger partial charge is 0.322 e. The third kappa shape index (κ3) is 3.96. The maximum absolute atomic E-state index is 13.7. The van der Waals surface area contributed by atoms with Crippen molar-refractivity contribution in [1.29, 1.82) is 0 Å². The number of aliphatic hydroxyl groups is 1. The van der Waals surface area contributed by atoms with E-state index in [4.69, 9.17) is 0 Å². The molecule has 1 heterocycles. The molecule has 1 fully saturated rings. The molecule has 2 amide bonds. The lowest BCUT2D eigenvalue weighted by Gasteiger charge is -2.27.